The van der Waals surface area contributed by atoms with Crippen molar-refractivity contribution in [3.05, 3.63) is 11.7 Å². The second-order valence-electron chi connectivity index (χ2n) is 6.09. The van der Waals surface area contributed by atoms with Gasteiger partial charge in [0.1, 0.15) is 5.60 Å². The number of methoxy groups -OCH3 is 1. The number of rotatable bonds is 3. The lowest BCUT2D eigenvalue weighted by Crippen LogP contribution is -2.30. The molecule has 1 aromatic rings. The highest BCUT2D eigenvalue weighted by atomic mass is 16.5. The van der Waals surface area contributed by atoms with E-state index in [-0.39, 0.29) is 5.60 Å². The molecule has 5 nitrogen and oxygen atoms in total. The maximum Gasteiger partial charge on any atom is 0.229 e. The number of nitrogens with one attached hydrogen (secondary N) is 1. The average molecular weight is 279 g/mol. The highest BCUT2D eigenvalue weighted by Crippen LogP contribution is 2.38. The van der Waals surface area contributed by atoms with E-state index < -0.39 is 0 Å². The van der Waals surface area contributed by atoms with Crippen LogP contribution in [0, 0.1) is 0 Å². The molecular formula is C15H25N3O2. The minimum absolute atomic E-state index is 0.314. The van der Waals surface area contributed by atoms with Crippen molar-refractivity contribution in [3.8, 4) is 0 Å². The minimum atomic E-state index is -0.314. The van der Waals surface area contributed by atoms with Gasteiger partial charge in [-0.15, -0.1) is 0 Å². The third kappa shape index (κ3) is 2.74. The molecule has 1 aliphatic carbocycles. The Morgan fingerprint density at radius 3 is 2.50 bits per heavy atom. The molecule has 0 unspecified atom stereocenters. The maximum absolute atomic E-state index is 5.85. The van der Waals surface area contributed by atoms with Crippen molar-refractivity contribution >= 4 is 0 Å². The van der Waals surface area contributed by atoms with E-state index in [1.165, 1.54) is 25.7 Å². The number of nitrogens with zero attached hydrogens (tertiary/aromatic N) is 2. The van der Waals surface area contributed by atoms with Crippen molar-refractivity contribution in [2.45, 2.75) is 62.9 Å². The van der Waals surface area contributed by atoms with Gasteiger partial charge < -0.3 is 14.6 Å². The average Bonchev–Trinajstić information content (AvgIpc) is 2.88. The molecule has 1 saturated heterocycles. The molecule has 0 bridgehead atoms. The summed E-state index contributed by atoms with van der Waals surface area (Å²) in [5.74, 6) is 2.00. The van der Waals surface area contributed by atoms with E-state index in [4.69, 9.17) is 14.2 Å². The third-order valence-corrected chi connectivity index (χ3v) is 4.84. The Morgan fingerprint density at radius 1 is 1.15 bits per heavy atom. The molecule has 0 atom stereocenters. The van der Waals surface area contributed by atoms with Crippen molar-refractivity contribution < 1.29 is 9.26 Å². The van der Waals surface area contributed by atoms with Gasteiger partial charge in [0.25, 0.3) is 0 Å². The molecule has 2 heterocycles. The zero-order valence-electron chi connectivity index (χ0n) is 12.4. The number of aromatic nitrogens is 2. The molecule has 112 valence electrons. The van der Waals surface area contributed by atoms with Crippen molar-refractivity contribution in [1.82, 2.24) is 15.5 Å². The summed E-state index contributed by atoms with van der Waals surface area (Å²) in [6.45, 7) is 2.08. The summed E-state index contributed by atoms with van der Waals surface area (Å²) < 4.78 is 11.4. The third-order valence-electron chi connectivity index (χ3n) is 4.84. The highest BCUT2D eigenvalue weighted by molar-refractivity contribution is 5.05. The second kappa shape index (κ2) is 6.22. The van der Waals surface area contributed by atoms with E-state index in [0.717, 1.165) is 50.5 Å². The molecular weight excluding hydrogens is 254 g/mol. The molecule has 0 amide bonds. The van der Waals surface area contributed by atoms with Gasteiger partial charge in [0.15, 0.2) is 0 Å². The molecule has 0 radical (unpaired) electrons. The fraction of sp³-hybridized carbons (Fsp3) is 0.867. The molecule has 2 aliphatic rings. The van der Waals surface area contributed by atoms with Crippen molar-refractivity contribution in [2.24, 2.45) is 0 Å². The molecule has 5 heteroatoms. The van der Waals surface area contributed by atoms with Gasteiger partial charge in [-0.1, -0.05) is 30.8 Å². The van der Waals surface area contributed by atoms with Crippen LogP contribution < -0.4 is 5.32 Å². The largest absolute Gasteiger partial charge is 0.370 e. The SMILES string of the molecule is COC1(c2noc(C3CCNCC3)n2)CCCCCC1. The van der Waals surface area contributed by atoms with E-state index in [2.05, 4.69) is 10.5 Å². The summed E-state index contributed by atoms with van der Waals surface area (Å²) >= 11 is 0. The van der Waals surface area contributed by atoms with Crippen LogP contribution in [0.5, 0.6) is 0 Å². The lowest BCUT2D eigenvalue weighted by Gasteiger charge is -2.27. The van der Waals surface area contributed by atoms with E-state index in [0.29, 0.717) is 5.92 Å². The summed E-state index contributed by atoms with van der Waals surface area (Å²) in [7, 11) is 1.78. The highest BCUT2D eigenvalue weighted by Gasteiger charge is 2.38. The van der Waals surface area contributed by atoms with Crippen LogP contribution in [0.15, 0.2) is 4.52 Å². The Kier molecular flexibility index (Phi) is 4.36. The standard InChI is InChI=1S/C15H25N3O2/c1-19-15(8-4-2-3-5-9-15)14-17-13(20-18-14)12-6-10-16-11-7-12/h12,16H,2-11H2,1H3. The molecule has 1 aliphatic heterocycles. The summed E-state index contributed by atoms with van der Waals surface area (Å²) in [5.41, 5.74) is -0.314. The van der Waals surface area contributed by atoms with Crippen LogP contribution in [0.4, 0.5) is 0 Å². The topological polar surface area (TPSA) is 60.2 Å². The molecule has 1 saturated carbocycles. The quantitative estimate of drug-likeness (QED) is 0.862. The monoisotopic (exact) mass is 279 g/mol. The van der Waals surface area contributed by atoms with Gasteiger partial charge in [0.2, 0.25) is 11.7 Å². The van der Waals surface area contributed by atoms with Crippen molar-refractivity contribution in [1.29, 1.82) is 0 Å². The van der Waals surface area contributed by atoms with Crippen LogP contribution in [0.3, 0.4) is 0 Å². The lowest BCUT2D eigenvalue weighted by atomic mass is 9.93. The van der Waals surface area contributed by atoms with Crippen molar-refractivity contribution in [3.63, 3.8) is 0 Å². The van der Waals surface area contributed by atoms with Gasteiger partial charge in [-0.25, -0.2) is 0 Å². The van der Waals surface area contributed by atoms with Crippen LogP contribution in [-0.4, -0.2) is 30.3 Å². The number of hydrogen-bond acceptors (Lipinski definition) is 5. The molecule has 20 heavy (non-hydrogen) atoms. The van der Waals surface area contributed by atoms with Crippen LogP contribution in [0.2, 0.25) is 0 Å². The Balaban J connectivity index is 1.79. The van der Waals surface area contributed by atoms with Gasteiger partial charge in [0.05, 0.1) is 0 Å². The fourth-order valence-corrected chi connectivity index (χ4v) is 3.47. The Labute approximate surface area is 120 Å². The van der Waals surface area contributed by atoms with Gasteiger partial charge in [-0.2, -0.15) is 4.98 Å². The first kappa shape index (κ1) is 14.0. The normalized spacial score (nSPS) is 24.4. The minimum Gasteiger partial charge on any atom is -0.370 e. The summed E-state index contributed by atoms with van der Waals surface area (Å²) in [4.78, 5) is 4.71. The Hall–Kier alpha value is -0.940. The molecule has 1 aromatic heterocycles. The van der Waals surface area contributed by atoms with Crippen LogP contribution in [-0.2, 0) is 10.3 Å². The first-order valence-corrected chi connectivity index (χ1v) is 7.94. The van der Waals surface area contributed by atoms with Gasteiger partial charge >= 0.3 is 0 Å². The molecule has 2 fully saturated rings. The smallest absolute Gasteiger partial charge is 0.229 e. The first-order chi connectivity index (χ1) is 9.84. The predicted molar refractivity (Wildman–Crippen MR) is 75.5 cm³/mol. The fourth-order valence-electron chi connectivity index (χ4n) is 3.47. The van der Waals surface area contributed by atoms with E-state index >= 15 is 0 Å². The Bertz CT molecular complexity index is 419. The number of ether oxygens (including phenoxy) is 1. The lowest BCUT2D eigenvalue weighted by molar-refractivity contribution is -0.0365. The second-order valence-corrected chi connectivity index (χ2v) is 6.09. The van der Waals surface area contributed by atoms with Crippen LogP contribution in [0.1, 0.15) is 69.0 Å². The van der Waals surface area contributed by atoms with Crippen molar-refractivity contribution in [2.75, 3.05) is 20.2 Å². The number of hydrogen-bond donors (Lipinski definition) is 1. The molecule has 0 aromatic carbocycles. The zero-order chi connectivity index (χ0) is 13.8. The molecule has 1 N–H and O–H groups in total. The maximum atomic E-state index is 5.85. The summed E-state index contributed by atoms with van der Waals surface area (Å²) in [5, 5.41) is 7.64. The van der Waals surface area contributed by atoms with Gasteiger partial charge in [-0.3, -0.25) is 0 Å². The zero-order valence-corrected chi connectivity index (χ0v) is 12.4. The van der Waals surface area contributed by atoms with E-state index in [9.17, 15) is 0 Å². The van der Waals surface area contributed by atoms with Gasteiger partial charge in [0, 0.05) is 13.0 Å². The summed E-state index contributed by atoms with van der Waals surface area (Å²) in [6.07, 6.45) is 9.12. The Morgan fingerprint density at radius 2 is 1.85 bits per heavy atom. The van der Waals surface area contributed by atoms with Crippen LogP contribution >= 0.6 is 0 Å². The van der Waals surface area contributed by atoms with E-state index in [1.54, 1.807) is 7.11 Å². The van der Waals surface area contributed by atoms with Crippen LogP contribution in [0.25, 0.3) is 0 Å². The van der Waals surface area contributed by atoms with E-state index in [1.807, 2.05) is 0 Å². The molecule has 0 spiro atoms. The predicted octanol–water partition coefficient (Wildman–Crippen LogP) is 2.73. The van der Waals surface area contributed by atoms with Gasteiger partial charge in [-0.05, 0) is 38.8 Å². The molecule has 3 rings (SSSR count). The number of piperidine rings is 1. The summed E-state index contributed by atoms with van der Waals surface area (Å²) in [6, 6.07) is 0. The first-order valence-electron chi connectivity index (χ1n) is 7.94.